The third-order valence-corrected chi connectivity index (χ3v) is 3.18. The first-order valence-corrected chi connectivity index (χ1v) is 6.14. The smallest absolute Gasteiger partial charge is 0.135 e. The average molecular weight is 250 g/mol. The summed E-state index contributed by atoms with van der Waals surface area (Å²) in [5, 5.41) is 0.897. The number of nitrogens with two attached hydrogens (primary N) is 1. The molecule has 4 heteroatoms. The number of aryl methyl sites for hydroxylation is 1. The highest BCUT2D eigenvalue weighted by Gasteiger charge is 2.07. The molecular formula is C15H14N4. The predicted octanol–water partition coefficient (Wildman–Crippen LogP) is 2.51. The summed E-state index contributed by atoms with van der Waals surface area (Å²) in [6, 6.07) is 9.76. The minimum absolute atomic E-state index is 0.530. The molecule has 2 aromatic heterocycles. The van der Waals surface area contributed by atoms with Gasteiger partial charge >= 0.3 is 0 Å². The van der Waals surface area contributed by atoms with Gasteiger partial charge in [0.1, 0.15) is 11.6 Å². The first kappa shape index (κ1) is 11.6. The molecule has 0 saturated carbocycles. The van der Waals surface area contributed by atoms with Crippen LogP contribution in [0.2, 0.25) is 0 Å². The Balaban J connectivity index is 2.04. The van der Waals surface area contributed by atoms with Gasteiger partial charge in [-0.15, -0.1) is 0 Å². The van der Waals surface area contributed by atoms with E-state index < -0.39 is 0 Å². The molecule has 0 amide bonds. The zero-order chi connectivity index (χ0) is 13.2. The summed E-state index contributed by atoms with van der Waals surface area (Å²) in [6.45, 7) is 2.06. The van der Waals surface area contributed by atoms with E-state index >= 15 is 0 Å². The third kappa shape index (κ3) is 2.25. The van der Waals surface area contributed by atoms with Crippen LogP contribution >= 0.6 is 0 Å². The lowest BCUT2D eigenvalue weighted by molar-refractivity contribution is 0.978. The van der Waals surface area contributed by atoms with Crippen LogP contribution in [0.5, 0.6) is 0 Å². The number of hydrogen-bond donors (Lipinski definition) is 1. The number of rotatable bonds is 2. The number of nitrogens with zero attached hydrogens (tertiary/aromatic N) is 3. The van der Waals surface area contributed by atoms with Crippen molar-refractivity contribution in [1.82, 2.24) is 15.0 Å². The minimum Gasteiger partial charge on any atom is -0.383 e. The van der Waals surface area contributed by atoms with Gasteiger partial charge in [0.2, 0.25) is 0 Å². The van der Waals surface area contributed by atoms with E-state index in [0.29, 0.717) is 12.2 Å². The van der Waals surface area contributed by atoms with Crippen LogP contribution in [-0.4, -0.2) is 15.0 Å². The SMILES string of the molecule is Cc1ccncc1Cc1nc(N)c2ccccc2n1. The Bertz CT molecular complexity index is 737. The zero-order valence-electron chi connectivity index (χ0n) is 10.7. The van der Waals surface area contributed by atoms with Crippen LogP contribution in [0.1, 0.15) is 17.0 Å². The second-order valence-corrected chi connectivity index (χ2v) is 4.52. The van der Waals surface area contributed by atoms with Crippen LogP contribution in [0, 0.1) is 6.92 Å². The summed E-state index contributed by atoms with van der Waals surface area (Å²) >= 11 is 0. The minimum atomic E-state index is 0.530. The number of aromatic nitrogens is 3. The number of benzene rings is 1. The van der Waals surface area contributed by atoms with Gasteiger partial charge in [0.15, 0.2) is 0 Å². The van der Waals surface area contributed by atoms with Crippen LogP contribution in [-0.2, 0) is 6.42 Å². The third-order valence-electron chi connectivity index (χ3n) is 3.18. The lowest BCUT2D eigenvalue weighted by atomic mass is 10.1. The van der Waals surface area contributed by atoms with E-state index in [1.807, 2.05) is 36.5 Å². The molecule has 3 aromatic rings. The molecule has 0 saturated heterocycles. The summed E-state index contributed by atoms with van der Waals surface area (Å²) < 4.78 is 0. The molecule has 3 rings (SSSR count). The van der Waals surface area contributed by atoms with Gasteiger partial charge in [0.25, 0.3) is 0 Å². The molecule has 0 fully saturated rings. The van der Waals surface area contributed by atoms with Crippen molar-refractivity contribution in [2.45, 2.75) is 13.3 Å². The summed E-state index contributed by atoms with van der Waals surface area (Å²) in [4.78, 5) is 13.1. The van der Waals surface area contributed by atoms with Crippen molar-refractivity contribution in [3.63, 3.8) is 0 Å². The maximum absolute atomic E-state index is 5.98. The average Bonchev–Trinajstić information content (AvgIpc) is 2.42. The van der Waals surface area contributed by atoms with E-state index in [9.17, 15) is 0 Å². The van der Waals surface area contributed by atoms with Crippen molar-refractivity contribution in [1.29, 1.82) is 0 Å². The molecular weight excluding hydrogens is 236 g/mol. The molecule has 2 N–H and O–H groups in total. The number of pyridine rings is 1. The molecule has 0 aliphatic heterocycles. The van der Waals surface area contributed by atoms with Crippen molar-refractivity contribution >= 4 is 16.7 Å². The fraction of sp³-hybridized carbons (Fsp3) is 0.133. The largest absolute Gasteiger partial charge is 0.383 e. The van der Waals surface area contributed by atoms with Crippen LogP contribution in [0.25, 0.3) is 10.9 Å². The Morgan fingerprint density at radius 3 is 2.79 bits per heavy atom. The lowest BCUT2D eigenvalue weighted by Crippen LogP contribution is -2.03. The number of para-hydroxylation sites is 1. The summed E-state index contributed by atoms with van der Waals surface area (Å²) in [6.07, 6.45) is 4.28. The molecule has 19 heavy (non-hydrogen) atoms. The first-order valence-electron chi connectivity index (χ1n) is 6.14. The number of nitrogen functional groups attached to an aromatic ring is 1. The van der Waals surface area contributed by atoms with E-state index in [-0.39, 0.29) is 0 Å². The first-order chi connectivity index (χ1) is 9.24. The van der Waals surface area contributed by atoms with Crippen LogP contribution < -0.4 is 5.73 Å². The zero-order valence-corrected chi connectivity index (χ0v) is 10.7. The number of hydrogen-bond acceptors (Lipinski definition) is 4. The van der Waals surface area contributed by atoms with Gasteiger partial charge in [0, 0.05) is 24.2 Å². The maximum atomic E-state index is 5.98. The van der Waals surface area contributed by atoms with Crippen molar-refractivity contribution in [3.05, 3.63) is 59.7 Å². The van der Waals surface area contributed by atoms with Crippen molar-refractivity contribution < 1.29 is 0 Å². The van der Waals surface area contributed by atoms with Crippen molar-refractivity contribution in [3.8, 4) is 0 Å². The Morgan fingerprint density at radius 1 is 1.11 bits per heavy atom. The maximum Gasteiger partial charge on any atom is 0.135 e. The fourth-order valence-electron chi connectivity index (χ4n) is 2.08. The Kier molecular flexibility index (Phi) is 2.83. The Hall–Kier alpha value is -2.49. The second-order valence-electron chi connectivity index (χ2n) is 4.52. The van der Waals surface area contributed by atoms with E-state index in [2.05, 4.69) is 21.9 Å². The topological polar surface area (TPSA) is 64.7 Å². The molecule has 0 unspecified atom stereocenters. The molecule has 4 nitrogen and oxygen atoms in total. The van der Waals surface area contributed by atoms with E-state index in [1.165, 1.54) is 5.56 Å². The molecule has 0 radical (unpaired) electrons. The molecule has 1 aromatic carbocycles. The second kappa shape index (κ2) is 4.65. The molecule has 0 aliphatic carbocycles. The monoisotopic (exact) mass is 250 g/mol. The summed E-state index contributed by atoms with van der Waals surface area (Å²) in [7, 11) is 0. The van der Waals surface area contributed by atoms with Gasteiger partial charge in [-0.2, -0.15) is 0 Å². The Labute approximate surface area is 111 Å². The standard InChI is InChI=1S/C15H14N4/c1-10-6-7-17-9-11(10)8-14-18-13-5-3-2-4-12(13)15(16)19-14/h2-7,9H,8H2,1H3,(H2,16,18,19). The highest BCUT2D eigenvalue weighted by molar-refractivity contribution is 5.87. The Morgan fingerprint density at radius 2 is 1.95 bits per heavy atom. The van der Waals surface area contributed by atoms with Crippen LogP contribution in [0.15, 0.2) is 42.7 Å². The number of anilines is 1. The lowest BCUT2D eigenvalue weighted by Gasteiger charge is -2.06. The highest BCUT2D eigenvalue weighted by Crippen LogP contribution is 2.18. The van der Waals surface area contributed by atoms with E-state index in [4.69, 9.17) is 5.73 Å². The normalized spacial score (nSPS) is 10.8. The summed E-state index contributed by atoms with van der Waals surface area (Å²) in [5.41, 5.74) is 9.17. The van der Waals surface area contributed by atoms with Crippen molar-refractivity contribution in [2.24, 2.45) is 0 Å². The molecule has 0 spiro atoms. The number of fused-ring (bicyclic) bond motifs is 1. The molecule has 2 heterocycles. The predicted molar refractivity (Wildman–Crippen MR) is 75.7 cm³/mol. The van der Waals surface area contributed by atoms with E-state index in [1.54, 1.807) is 6.20 Å². The van der Waals surface area contributed by atoms with Crippen LogP contribution in [0.4, 0.5) is 5.82 Å². The molecule has 0 atom stereocenters. The van der Waals surface area contributed by atoms with Gasteiger partial charge in [0.05, 0.1) is 5.52 Å². The van der Waals surface area contributed by atoms with Gasteiger partial charge in [-0.3, -0.25) is 4.98 Å². The summed E-state index contributed by atoms with van der Waals surface area (Å²) in [5.74, 6) is 1.26. The molecule has 0 bridgehead atoms. The van der Waals surface area contributed by atoms with Crippen LogP contribution in [0.3, 0.4) is 0 Å². The van der Waals surface area contributed by atoms with Gasteiger partial charge in [-0.1, -0.05) is 12.1 Å². The quantitative estimate of drug-likeness (QED) is 0.759. The van der Waals surface area contributed by atoms with Gasteiger partial charge < -0.3 is 5.73 Å². The van der Waals surface area contributed by atoms with E-state index in [0.717, 1.165) is 22.3 Å². The highest BCUT2D eigenvalue weighted by atomic mass is 14.9. The van der Waals surface area contributed by atoms with Crippen molar-refractivity contribution in [2.75, 3.05) is 5.73 Å². The van der Waals surface area contributed by atoms with Gasteiger partial charge in [-0.25, -0.2) is 9.97 Å². The molecule has 0 aliphatic rings. The van der Waals surface area contributed by atoms with Gasteiger partial charge in [-0.05, 0) is 36.2 Å². The fourth-order valence-corrected chi connectivity index (χ4v) is 2.08. The molecule has 94 valence electrons.